The van der Waals surface area contributed by atoms with Crippen LogP contribution in [-0.2, 0) is 18.9 Å². The number of ether oxygens (including phenoxy) is 4. The van der Waals surface area contributed by atoms with Crippen LogP contribution in [-0.4, -0.2) is 45.4 Å². The van der Waals surface area contributed by atoms with E-state index in [0.29, 0.717) is 6.10 Å². The summed E-state index contributed by atoms with van der Waals surface area (Å²) in [4.78, 5) is 0. The maximum atomic E-state index is 5.37. The fourth-order valence-corrected chi connectivity index (χ4v) is 1.04. The Kier molecular flexibility index (Phi) is 3.55. The van der Waals surface area contributed by atoms with Gasteiger partial charge >= 0.3 is 0 Å². The molecule has 2 fully saturated rings. The quantitative estimate of drug-likeness (QED) is 0.412. The second-order valence-corrected chi connectivity index (χ2v) is 3.37. The van der Waals surface area contributed by atoms with Gasteiger partial charge in [-0.05, 0) is 12.8 Å². The normalized spacial score (nSPS) is 30.5. The van der Waals surface area contributed by atoms with Crippen molar-refractivity contribution in [2.45, 2.75) is 25.2 Å². The fraction of sp³-hybridized carbons (Fsp3) is 1.00. The minimum atomic E-state index is 0.0979. The van der Waals surface area contributed by atoms with Crippen LogP contribution in [0.25, 0.3) is 0 Å². The Morgan fingerprint density at radius 2 is 1.85 bits per heavy atom. The first-order chi connectivity index (χ1) is 6.45. The van der Waals surface area contributed by atoms with E-state index in [2.05, 4.69) is 0 Å². The largest absolute Gasteiger partial charge is 0.379 e. The summed E-state index contributed by atoms with van der Waals surface area (Å²) in [6, 6.07) is 0. The zero-order chi connectivity index (χ0) is 8.93. The highest BCUT2D eigenvalue weighted by atomic mass is 16.8. The maximum absolute atomic E-state index is 5.37. The van der Waals surface area contributed by atoms with Gasteiger partial charge in [-0.15, -0.1) is 0 Å². The van der Waals surface area contributed by atoms with Crippen molar-refractivity contribution >= 4 is 0 Å². The molecule has 0 aromatic carbocycles. The molecule has 0 aliphatic carbocycles. The lowest BCUT2D eigenvalue weighted by atomic mass is 10.3. The molecule has 2 unspecified atom stereocenters. The van der Waals surface area contributed by atoms with Gasteiger partial charge in [0.05, 0.1) is 13.2 Å². The summed E-state index contributed by atoms with van der Waals surface area (Å²) in [7, 11) is 0. The van der Waals surface area contributed by atoms with Crippen LogP contribution in [0.5, 0.6) is 0 Å². The molecule has 0 bridgehead atoms. The van der Waals surface area contributed by atoms with E-state index < -0.39 is 0 Å². The molecule has 0 spiro atoms. The summed E-state index contributed by atoms with van der Waals surface area (Å²) in [5, 5.41) is 0. The zero-order valence-electron chi connectivity index (χ0n) is 7.74. The van der Waals surface area contributed by atoms with Gasteiger partial charge in [-0.3, -0.25) is 0 Å². The Morgan fingerprint density at radius 1 is 1.08 bits per heavy atom. The van der Waals surface area contributed by atoms with Gasteiger partial charge in [0.25, 0.3) is 0 Å². The fourth-order valence-electron chi connectivity index (χ4n) is 1.04. The highest BCUT2D eigenvalue weighted by Gasteiger charge is 2.23. The number of epoxide rings is 2. The van der Waals surface area contributed by atoms with Crippen LogP contribution in [0, 0.1) is 0 Å². The molecule has 2 rings (SSSR count). The van der Waals surface area contributed by atoms with Gasteiger partial charge in [0.1, 0.15) is 12.7 Å². The van der Waals surface area contributed by atoms with Gasteiger partial charge in [0, 0.05) is 13.2 Å². The second-order valence-electron chi connectivity index (χ2n) is 3.37. The molecule has 0 aromatic rings. The molecule has 2 aliphatic heterocycles. The predicted octanol–water partition coefficient (Wildman–Crippen LogP) is 0.555. The van der Waals surface area contributed by atoms with Crippen molar-refractivity contribution in [3.63, 3.8) is 0 Å². The molecule has 0 amide bonds. The Balaban J connectivity index is 1.28. The van der Waals surface area contributed by atoms with Crippen molar-refractivity contribution in [1.29, 1.82) is 0 Å². The molecule has 2 aliphatic rings. The molecule has 4 nitrogen and oxygen atoms in total. The molecule has 0 saturated carbocycles. The monoisotopic (exact) mass is 188 g/mol. The lowest BCUT2D eigenvalue weighted by Crippen LogP contribution is -2.04. The van der Waals surface area contributed by atoms with Gasteiger partial charge in [-0.1, -0.05) is 0 Å². The molecular weight excluding hydrogens is 172 g/mol. The van der Waals surface area contributed by atoms with Crippen LogP contribution >= 0.6 is 0 Å². The van der Waals surface area contributed by atoms with Gasteiger partial charge < -0.3 is 18.9 Å². The van der Waals surface area contributed by atoms with Crippen LogP contribution in [0.15, 0.2) is 0 Å². The number of unbranched alkanes of at least 4 members (excludes halogenated alkanes) is 1. The van der Waals surface area contributed by atoms with E-state index in [1.165, 1.54) is 0 Å². The van der Waals surface area contributed by atoms with Gasteiger partial charge in [-0.2, -0.15) is 0 Å². The maximum Gasteiger partial charge on any atom is 0.181 e. The summed E-state index contributed by atoms with van der Waals surface area (Å²) in [5.74, 6) is 0. The first-order valence-corrected chi connectivity index (χ1v) is 4.88. The zero-order valence-corrected chi connectivity index (χ0v) is 7.74. The number of hydrogen-bond acceptors (Lipinski definition) is 4. The summed E-state index contributed by atoms with van der Waals surface area (Å²) in [6.45, 7) is 4.01. The van der Waals surface area contributed by atoms with Crippen molar-refractivity contribution in [2.75, 3.05) is 33.0 Å². The summed E-state index contributed by atoms with van der Waals surface area (Å²) < 4.78 is 20.6. The average molecular weight is 188 g/mol. The number of hydrogen-bond donors (Lipinski definition) is 0. The van der Waals surface area contributed by atoms with E-state index in [1.807, 2.05) is 0 Å². The van der Waals surface area contributed by atoms with Crippen molar-refractivity contribution in [1.82, 2.24) is 0 Å². The Morgan fingerprint density at radius 3 is 2.54 bits per heavy atom. The van der Waals surface area contributed by atoms with E-state index in [4.69, 9.17) is 18.9 Å². The van der Waals surface area contributed by atoms with Gasteiger partial charge in [-0.25, -0.2) is 0 Å². The Labute approximate surface area is 78.1 Å². The molecular formula is C9H16O4. The standard InChI is InChI=1S/C9H16O4/c1(2-4-11-9-7-13-9)3-10-5-8-6-12-8/h8-9H,1-7H2. The van der Waals surface area contributed by atoms with Crippen molar-refractivity contribution in [3.8, 4) is 0 Å². The van der Waals surface area contributed by atoms with Crippen LogP contribution in [0.4, 0.5) is 0 Å². The molecule has 0 aromatic heterocycles. The van der Waals surface area contributed by atoms with Gasteiger partial charge in [0.2, 0.25) is 0 Å². The third kappa shape index (κ3) is 4.57. The molecule has 2 saturated heterocycles. The topological polar surface area (TPSA) is 43.5 Å². The lowest BCUT2D eigenvalue weighted by molar-refractivity contribution is 0.0419. The molecule has 2 heterocycles. The van der Waals surface area contributed by atoms with Crippen molar-refractivity contribution < 1.29 is 18.9 Å². The molecule has 0 N–H and O–H groups in total. The molecule has 13 heavy (non-hydrogen) atoms. The SMILES string of the molecule is C(CCOC1CO1)COCC1CO1. The highest BCUT2D eigenvalue weighted by molar-refractivity contribution is 4.66. The van der Waals surface area contributed by atoms with E-state index in [-0.39, 0.29) is 6.29 Å². The summed E-state index contributed by atoms with van der Waals surface area (Å²) >= 11 is 0. The Bertz CT molecular complexity index is 127. The van der Waals surface area contributed by atoms with E-state index >= 15 is 0 Å². The first kappa shape index (κ1) is 9.40. The minimum Gasteiger partial charge on any atom is -0.379 e. The van der Waals surface area contributed by atoms with Crippen LogP contribution in [0.3, 0.4) is 0 Å². The third-order valence-electron chi connectivity index (χ3n) is 2.00. The molecule has 4 heteroatoms. The molecule has 76 valence electrons. The second kappa shape index (κ2) is 4.91. The van der Waals surface area contributed by atoms with Gasteiger partial charge in [0.15, 0.2) is 6.29 Å². The summed E-state index contributed by atoms with van der Waals surface area (Å²) in [6.07, 6.45) is 2.59. The average Bonchev–Trinajstić information content (AvgIpc) is 2.99. The van der Waals surface area contributed by atoms with Crippen LogP contribution in [0.1, 0.15) is 12.8 Å². The third-order valence-corrected chi connectivity index (χ3v) is 2.00. The first-order valence-electron chi connectivity index (χ1n) is 4.88. The Hall–Kier alpha value is -0.160. The van der Waals surface area contributed by atoms with E-state index in [9.17, 15) is 0 Å². The van der Waals surface area contributed by atoms with Crippen molar-refractivity contribution in [3.05, 3.63) is 0 Å². The van der Waals surface area contributed by atoms with Crippen LogP contribution < -0.4 is 0 Å². The molecule has 2 atom stereocenters. The highest BCUT2D eigenvalue weighted by Crippen LogP contribution is 2.11. The number of rotatable bonds is 8. The lowest BCUT2D eigenvalue weighted by Gasteiger charge is -2.02. The summed E-state index contributed by atoms with van der Waals surface area (Å²) in [5.41, 5.74) is 0. The predicted molar refractivity (Wildman–Crippen MR) is 45.5 cm³/mol. The van der Waals surface area contributed by atoms with E-state index in [1.54, 1.807) is 0 Å². The minimum absolute atomic E-state index is 0.0979. The van der Waals surface area contributed by atoms with Crippen LogP contribution in [0.2, 0.25) is 0 Å². The van der Waals surface area contributed by atoms with E-state index in [0.717, 1.165) is 45.9 Å². The van der Waals surface area contributed by atoms with Crippen molar-refractivity contribution in [2.24, 2.45) is 0 Å². The smallest absolute Gasteiger partial charge is 0.181 e. The molecule has 0 radical (unpaired) electrons.